The van der Waals surface area contributed by atoms with Crippen LogP contribution in [0.25, 0.3) is 0 Å². The number of hydrogen-bond donors (Lipinski definition) is 1. The van der Waals surface area contributed by atoms with E-state index in [9.17, 15) is 5.11 Å². The minimum absolute atomic E-state index is 0.204. The second-order valence-corrected chi connectivity index (χ2v) is 5.23. The van der Waals surface area contributed by atoms with E-state index < -0.39 is 0 Å². The molecule has 1 heterocycles. The molecule has 1 atom stereocenters. The molecule has 1 aromatic rings. The van der Waals surface area contributed by atoms with Crippen LogP contribution in [0.1, 0.15) is 24.5 Å². The largest absolute Gasteiger partial charge is 0.493 e. The quantitative estimate of drug-likeness (QED) is 0.835. The Morgan fingerprint density at radius 3 is 3.00 bits per heavy atom. The highest BCUT2D eigenvalue weighted by Crippen LogP contribution is 2.25. The standard InChI is InChI=1S/C15H23NO2/c1-12(17)5-8-16(2)9-6-13-3-4-15-14(11-13)7-10-18-15/h3-4,11-12,17H,5-10H2,1-2H3. The number of nitrogens with zero attached hydrogens (tertiary/aromatic N) is 1. The summed E-state index contributed by atoms with van der Waals surface area (Å²) < 4.78 is 5.51. The molecule has 0 radical (unpaired) electrons. The van der Waals surface area contributed by atoms with Crippen LogP contribution in [0.4, 0.5) is 0 Å². The number of hydrogen-bond acceptors (Lipinski definition) is 3. The molecule has 0 spiro atoms. The molecule has 0 amide bonds. The summed E-state index contributed by atoms with van der Waals surface area (Å²) in [4.78, 5) is 2.27. The van der Waals surface area contributed by atoms with Crippen LogP contribution < -0.4 is 4.74 Å². The highest BCUT2D eigenvalue weighted by molar-refractivity contribution is 5.39. The maximum absolute atomic E-state index is 9.25. The first-order chi connectivity index (χ1) is 8.65. The summed E-state index contributed by atoms with van der Waals surface area (Å²) in [5.41, 5.74) is 2.72. The molecule has 1 N–H and O–H groups in total. The summed E-state index contributed by atoms with van der Waals surface area (Å²) in [6, 6.07) is 6.52. The molecule has 0 aliphatic carbocycles. The van der Waals surface area contributed by atoms with Crippen molar-refractivity contribution >= 4 is 0 Å². The summed E-state index contributed by atoms with van der Waals surface area (Å²) >= 11 is 0. The van der Waals surface area contributed by atoms with Gasteiger partial charge in [0.1, 0.15) is 5.75 Å². The molecule has 2 rings (SSSR count). The van der Waals surface area contributed by atoms with Crippen molar-refractivity contribution in [2.24, 2.45) is 0 Å². The van der Waals surface area contributed by atoms with E-state index in [1.165, 1.54) is 11.1 Å². The summed E-state index contributed by atoms with van der Waals surface area (Å²) in [6.45, 7) is 4.65. The molecule has 0 fully saturated rings. The average molecular weight is 249 g/mol. The van der Waals surface area contributed by atoms with Crippen molar-refractivity contribution in [2.75, 3.05) is 26.7 Å². The lowest BCUT2D eigenvalue weighted by atomic mass is 10.1. The van der Waals surface area contributed by atoms with Crippen molar-refractivity contribution in [1.29, 1.82) is 0 Å². The Labute approximate surface area is 109 Å². The molecular formula is C15H23NO2. The maximum Gasteiger partial charge on any atom is 0.122 e. The van der Waals surface area contributed by atoms with Crippen LogP contribution in [0.5, 0.6) is 5.75 Å². The first-order valence-corrected chi connectivity index (χ1v) is 6.76. The Morgan fingerprint density at radius 2 is 2.22 bits per heavy atom. The highest BCUT2D eigenvalue weighted by Gasteiger charge is 2.12. The molecule has 100 valence electrons. The van der Waals surface area contributed by atoms with E-state index in [0.717, 1.165) is 44.7 Å². The van der Waals surface area contributed by atoms with Crippen LogP contribution in [0.15, 0.2) is 18.2 Å². The fourth-order valence-corrected chi connectivity index (χ4v) is 2.23. The van der Waals surface area contributed by atoms with E-state index in [2.05, 4.69) is 30.1 Å². The van der Waals surface area contributed by atoms with E-state index in [0.29, 0.717) is 0 Å². The van der Waals surface area contributed by atoms with Crippen molar-refractivity contribution in [3.63, 3.8) is 0 Å². The minimum Gasteiger partial charge on any atom is -0.493 e. The topological polar surface area (TPSA) is 32.7 Å². The van der Waals surface area contributed by atoms with Gasteiger partial charge < -0.3 is 14.7 Å². The van der Waals surface area contributed by atoms with Crippen molar-refractivity contribution in [1.82, 2.24) is 4.90 Å². The number of aliphatic hydroxyl groups excluding tert-OH is 1. The van der Waals surface area contributed by atoms with Crippen LogP contribution in [0, 0.1) is 0 Å². The van der Waals surface area contributed by atoms with E-state index in [-0.39, 0.29) is 6.10 Å². The van der Waals surface area contributed by atoms with Crippen LogP contribution >= 0.6 is 0 Å². The van der Waals surface area contributed by atoms with Gasteiger partial charge in [0.05, 0.1) is 12.7 Å². The van der Waals surface area contributed by atoms with Gasteiger partial charge in [-0.05, 0) is 44.0 Å². The lowest BCUT2D eigenvalue weighted by Gasteiger charge is -2.17. The van der Waals surface area contributed by atoms with Crippen molar-refractivity contribution < 1.29 is 9.84 Å². The molecule has 3 heteroatoms. The molecule has 3 nitrogen and oxygen atoms in total. The molecule has 1 aromatic carbocycles. The number of benzene rings is 1. The lowest BCUT2D eigenvalue weighted by molar-refractivity contribution is 0.165. The SMILES string of the molecule is CC(O)CCN(C)CCc1ccc2c(c1)CCO2. The van der Waals surface area contributed by atoms with E-state index in [4.69, 9.17) is 4.74 Å². The molecular weight excluding hydrogens is 226 g/mol. The average Bonchev–Trinajstić information content (AvgIpc) is 2.81. The van der Waals surface area contributed by atoms with Gasteiger partial charge in [0, 0.05) is 19.5 Å². The van der Waals surface area contributed by atoms with Gasteiger partial charge >= 0.3 is 0 Å². The van der Waals surface area contributed by atoms with Crippen LogP contribution in [0.2, 0.25) is 0 Å². The van der Waals surface area contributed by atoms with Gasteiger partial charge in [-0.2, -0.15) is 0 Å². The smallest absolute Gasteiger partial charge is 0.122 e. The molecule has 0 bridgehead atoms. The van der Waals surface area contributed by atoms with Gasteiger partial charge in [-0.15, -0.1) is 0 Å². The molecule has 18 heavy (non-hydrogen) atoms. The Hall–Kier alpha value is -1.06. The Kier molecular flexibility index (Phi) is 4.61. The zero-order chi connectivity index (χ0) is 13.0. The predicted octanol–water partition coefficient (Wildman–Crippen LogP) is 1.87. The van der Waals surface area contributed by atoms with Gasteiger partial charge in [-0.1, -0.05) is 12.1 Å². The summed E-state index contributed by atoms with van der Waals surface area (Å²) in [5, 5.41) is 9.25. The molecule has 1 aliphatic rings. The monoisotopic (exact) mass is 249 g/mol. The second kappa shape index (κ2) is 6.21. The van der Waals surface area contributed by atoms with Crippen LogP contribution in [-0.2, 0) is 12.8 Å². The third-order valence-corrected chi connectivity index (χ3v) is 3.46. The third kappa shape index (κ3) is 3.72. The summed E-state index contributed by atoms with van der Waals surface area (Å²) in [5.74, 6) is 1.06. The Morgan fingerprint density at radius 1 is 1.39 bits per heavy atom. The molecule has 1 aliphatic heterocycles. The van der Waals surface area contributed by atoms with Crippen molar-refractivity contribution in [3.8, 4) is 5.75 Å². The summed E-state index contributed by atoms with van der Waals surface area (Å²) in [7, 11) is 2.11. The Balaban J connectivity index is 1.79. The van der Waals surface area contributed by atoms with Crippen molar-refractivity contribution in [3.05, 3.63) is 29.3 Å². The maximum atomic E-state index is 9.25. The van der Waals surface area contributed by atoms with Gasteiger partial charge in [0.2, 0.25) is 0 Å². The number of ether oxygens (including phenoxy) is 1. The van der Waals surface area contributed by atoms with Gasteiger partial charge in [0.15, 0.2) is 0 Å². The zero-order valence-corrected chi connectivity index (χ0v) is 11.4. The van der Waals surface area contributed by atoms with Gasteiger partial charge in [-0.3, -0.25) is 0 Å². The Bertz CT molecular complexity index is 390. The van der Waals surface area contributed by atoms with Gasteiger partial charge in [-0.25, -0.2) is 0 Å². The van der Waals surface area contributed by atoms with E-state index in [1.807, 2.05) is 6.92 Å². The molecule has 0 saturated heterocycles. The number of likely N-dealkylation sites (N-methyl/N-ethyl adjacent to an activating group) is 1. The van der Waals surface area contributed by atoms with Crippen LogP contribution in [0.3, 0.4) is 0 Å². The number of rotatable bonds is 6. The third-order valence-electron chi connectivity index (χ3n) is 3.46. The predicted molar refractivity (Wildman–Crippen MR) is 73.1 cm³/mol. The second-order valence-electron chi connectivity index (χ2n) is 5.23. The molecule has 0 aromatic heterocycles. The van der Waals surface area contributed by atoms with Crippen LogP contribution in [-0.4, -0.2) is 42.9 Å². The number of aliphatic hydroxyl groups is 1. The first-order valence-electron chi connectivity index (χ1n) is 6.76. The molecule has 0 saturated carbocycles. The lowest BCUT2D eigenvalue weighted by Crippen LogP contribution is -2.24. The van der Waals surface area contributed by atoms with Crippen molar-refractivity contribution in [2.45, 2.75) is 32.3 Å². The molecule has 1 unspecified atom stereocenters. The summed E-state index contributed by atoms with van der Waals surface area (Å²) in [6.07, 6.45) is 2.74. The normalized spacial score (nSPS) is 15.6. The fourth-order valence-electron chi connectivity index (χ4n) is 2.23. The highest BCUT2D eigenvalue weighted by atomic mass is 16.5. The van der Waals surface area contributed by atoms with E-state index >= 15 is 0 Å². The first kappa shape index (κ1) is 13.4. The van der Waals surface area contributed by atoms with Gasteiger partial charge in [0.25, 0.3) is 0 Å². The zero-order valence-electron chi connectivity index (χ0n) is 11.4. The minimum atomic E-state index is -0.204. The van der Waals surface area contributed by atoms with E-state index in [1.54, 1.807) is 0 Å². The fraction of sp³-hybridized carbons (Fsp3) is 0.600. The number of fused-ring (bicyclic) bond motifs is 1.